The summed E-state index contributed by atoms with van der Waals surface area (Å²) in [5.41, 5.74) is 9.29. The van der Waals surface area contributed by atoms with Gasteiger partial charge in [-0.3, -0.25) is 0 Å². The predicted molar refractivity (Wildman–Crippen MR) is 124 cm³/mol. The zero-order chi connectivity index (χ0) is 22.2. The van der Waals surface area contributed by atoms with Crippen molar-refractivity contribution in [1.29, 1.82) is 0 Å². The molecule has 8 heteroatoms. The van der Waals surface area contributed by atoms with E-state index in [1.807, 2.05) is 24.3 Å². The molecule has 0 aliphatic carbocycles. The van der Waals surface area contributed by atoms with Crippen molar-refractivity contribution in [2.75, 3.05) is 32.0 Å². The molecular weight excluding hydrogens is 406 g/mol. The van der Waals surface area contributed by atoms with Gasteiger partial charge in [0.05, 0.1) is 17.6 Å². The summed E-state index contributed by atoms with van der Waals surface area (Å²) in [6.07, 6.45) is 5.53. The third-order valence-electron chi connectivity index (χ3n) is 6.43. The minimum atomic E-state index is -0.940. The first kappa shape index (κ1) is 20.4. The van der Waals surface area contributed by atoms with Crippen LogP contribution in [-0.4, -0.2) is 61.9 Å². The van der Waals surface area contributed by atoms with E-state index < -0.39 is 5.97 Å². The van der Waals surface area contributed by atoms with Gasteiger partial charge in [-0.1, -0.05) is 24.3 Å². The molecule has 0 atom stereocenters. The minimum Gasteiger partial charge on any atom is -0.478 e. The van der Waals surface area contributed by atoms with Crippen LogP contribution in [0.15, 0.2) is 48.9 Å². The molecule has 1 saturated heterocycles. The first-order valence-electron chi connectivity index (χ1n) is 10.8. The molecule has 1 aliphatic rings. The summed E-state index contributed by atoms with van der Waals surface area (Å²) in [4.78, 5) is 22.6. The Labute approximate surface area is 184 Å². The number of nitrogens with two attached hydrogens (primary N) is 1. The number of carbonyl (C=O) groups is 1. The Hall–Kier alpha value is -3.49. The number of nitrogen functional groups attached to an aromatic ring is 1. The summed E-state index contributed by atoms with van der Waals surface area (Å²) >= 11 is 0. The molecule has 0 unspecified atom stereocenters. The average molecular weight is 431 g/mol. The van der Waals surface area contributed by atoms with Crippen molar-refractivity contribution in [3.05, 3.63) is 54.5 Å². The van der Waals surface area contributed by atoms with Crippen LogP contribution in [0.1, 0.15) is 29.2 Å². The fourth-order valence-electron chi connectivity index (χ4n) is 4.81. The maximum atomic E-state index is 11.6. The van der Waals surface area contributed by atoms with Gasteiger partial charge in [-0.2, -0.15) is 0 Å². The Bertz CT molecular complexity index is 1310. The first-order valence-corrected chi connectivity index (χ1v) is 10.8. The second-order valence-electron chi connectivity index (χ2n) is 8.25. The normalized spacial score (nSPS) is 15.5. The van der Waals surface area contributed by atoms with Crippen LogP contribution in [0.25, 0.3) is 32.9 Å². The molecule has 1 fully saturated rings. The molecule has 1 aliphatic heterocycles. The van der Waals surface area contributed by atoms with Gasteiger partial charge in [0.1, 0.15) is 17.8 Å². The molecule has 0 saturated carbocycles. The standard InChI is InChI=1S/C24H25N5O3/c25-22-21-20(16-4-5-18-15(12-16)2-1-3-19(18)24(31)32)13-29(23(21)27-14-26-22)17-6-8-28(9-7-17)10-11-30/h1-5,12-14,17,30H,6-11H2,(H,31,32)(H2,25,26,27). The molecule has 2 aromatic heterocycles. The Kier molecular flexibility index (Phi) is 5.24. The number of likely N-dealkylation sites (tertiary alicyclic amines) is 1. The number of aliphatic hydroxyl groups is 1. The van der Waals surface area contributed by atoms with Crippen LogP contribution in [0, 0.1) is 0 Å². The highest BCUT2D eigenvalue weighted by molar-refractivity contribution is 6.06. The smallest absolute Gasteiger partial charge is 0.336 e. The van der Waals surface area contributed by atoms with Crippen molar-refractivity contribution in [2.24, 2.45) is 0 Å². The molecule has 164 valence electrons. The van der Waals surface area contributed by atoms with E-state index in [0.29, 0.717) is 17.7 Å². The summed E-state index contributed by atoms with van der Waals surface area (Å²) in [5.74, 6) is -0.508. The van der Waals surface area contributed by atoms with Gasteiger partial charge in [-0.25, -0.2) is 14.8 Å². The lowest BCUT2D eigenvalue weighted by Crippen LogP contribution is -2.36. The second-order valence-corrected chi connectivity index (χ2v) is 8.25. The van der Waals surface area contributed by atoms with Crippen LogP contribution < -0.4 is 5.73 Å². The van der Waals surface area contributed by atoms with E-state index >= 15 is 0 Å². The maximum absolute atomic E-state index is 11.6. The molecule has 4 aromatic rings. The van der Waals surface area contributed by atoms with Crippen molar-refractivity contribution in [2.45, 2.75) is 18.9 Å². The highest BCUT2D eigenvalue weighted by Gasteiger charge is 2.24. The number of carboxylic acids is 1. The van der Waals surface area contributed by atoms with Crippen LogP contribution >= 0.6 is 0 Å². The van der Waals surface area contributed by atoms with Crippen molar-refractivity contribution in [3.8, 4) is 11.1 Å². The molecule has 0 bridgehead atoms. The van der Waals surface area contributed by atoms with Gasteiger partial charge in [0.15, 0.2) is 0 Å². The molecule has 3 heterocycles. The van der Waals surface area contributed by atoms with E-state index in [1.165, 1.54) is 6.33 Å². The molecular formula is C24H25N5O3. The van der Waals surface area contributed by atoms with Gasteiger partial charge in [0.2, 0.25) is 0 Å². The number of hydrogen-bond acceptors (Lipinski definition) is 6. The quantitative estimate of drug-likeness (QED) is 0.444. The van der Waals surface area contributed by atoms with E-state index in [1.54, 1.807) is 12.1 Å². The lowest BCUT2D eigenvalue weighted by Gasteiger charge is -2.32. The number of aromatic carboxylic acids is 1. The van der Waals surface area contributed by atoms with E-state index in [4.69, 9.17) is 5.73 Å². The van der Waals surface area contributed by atoms with Gasteiger partial charge in [0.25, 0.3) is 0 Å². The Morgan fingerprint density at radius 1 is 1.16 bits per heavy atom. The number of piperidine rings is 1. The Morgan fingerprint density at radius 2 is 1.97 bits per heavy atom. The van der Waals surface area contributed by atoms with E-state index in [-0.39, 0.29) is 18.2 Å². The number of rotatable bonds is 5. The topological polar surface area (TPSA) is 118 Å². The number of fused-ring (bicyclic) bond motifs is 2. The number of aliphatic hydroxyl groups excluding tert-OH is 1. The Morgan fingerprint density at radius 3 is 2.72 bits per heavy atom. The number of benzene rings is 2. The van der Waals surface area contributed by atoms with Crippen LogP contribution in [0.5, 0.6) is 0 Å². The number of carboxylic acid groups (broad SMARTS) is 1. The average Bonchev–Trinajstić information content (AvgIpc) is 3.20. The van der Waals surface area contributed by atoms with E-state index in [9.17, 15) is 15.0 Å². The molecule has 0 radical (unpaired) electrons. The zero-order valence-corrected chi connectivity index (χ0v) is 17.6. The fourth-order valence-corrected chi connectivity index (χ4v) is 4.81. The number of anilines is 1. The third kappa shape index (κ3) is 3.47. The van der Waals surface area contributed by atoms with Crippen molar-refractivity contribution >= 4 is 33.6 Å². The largest absolute Gasteiger partial charge is 0.478 e. The molecule has 8 nitrogen and oxygen atoms in total. The molecule has 2 aromatic carbocycles. The summed E-state index contributed by atoms with van der Waals surface area (Å²) in [5, 5.41) is 21.1. The number of nitrogens with zero attached hydrogens (tertiary/aromatic N) is 4. The van der Waals surface area contributed by atoms with Gasteiger partial charge < -0.3 is 25.4 Å². The highest BCUT2D eigenvalue weighted by Crippen LogP contribution is 2.37. The lowest BCUT2D eigenvalue weighted by molar-refractivity contribution is 0.0699. The van der Waals surface area contributed by atoms with Gasteiger partial charge in [-0.05, 0) is 41.3 Å². The molecule has 4 N–H and O–H groups in total. The van der Waals surface area contributed by atoms with Crippen LogP contribution in [-0.2, 0) is 0 Å². The van der Waals surface area contributed by atoms with Crippen molar-refractivity contribution in [3.63, 3.8) is 0 Å². The Balaban J connectivity index is 1.60. The summed E-state index contributed by atoms with van der Waals surface area (Å²) in [6.45, 7) is 2.73. The number of β-amino-alcohol motifs (C(OH)–C–C–N with tert-alkyl or cyclic N) is 1. The maximum Gasteiger partial charge on any atom is 0.336 e. The minimum absolute atomic E-state index is 0.177. The lowest BCUT2D eigenvalue weighted by atomic mass is 9.98. The monoisotopic (exact) mass is 431 g/mol. The van der Waals surface area contributed by atoms with Gasteiger partial charge in [-0.15, -0.1) is 0 Å². The first-order chi connectivity index (χ1) is 15.6. The molecule has 5 rings (SSSR count). The van der Waals surface area contributed by atoms with Gasteiger partial charge >= 0.3 is 5.97 Å². The van der Waals surface area contributed by atoms with Crippen molar-refractivity contribution < 1.29 is 15.0 Å². The fraction of sp³-hybridized carbons (Fsp3) is 0.292. The van der Waals surface area contributed by atoms with E-state index in [0.717, 1.165) is 53.5 Å². The molecule has 32 heavy (non-hydrogen) atoms. The molecule has 0 spiro atoms. The van der Waals surface area contributed by atoms with E-state index in [2.05, 4.69) is 25.6 Å². The second kappa shape index (κ2) is 8.22. The molecule has 0 amide bonds. The zero-order valence-electron chi connectivity index (χ0n) is 17.6. The summed E-state index contributed by atoms with van der Waals surface area (Å²) in [7, 11) is 0. The van der Waals surface area contributed by atoms with Gasteiger partial charge in [0, 0.05) is 37.4 Å². The van der Waals surface area contributed by atoms with Crippen LogP contribution in [0.4, 0.5) is 5.82 Å². The SMILES string of the molecule is Nc1ncnc2c1c(-c1ccc3c(C(=O)O)cccc3c1)cn2C1CCN(CCO)CC1. The third-order valence-corrected chi connectivity index (χ3v) is 6.43. The number of aromatic nitrogens is 3. The van der Waals surface area contributed by atoms with Crippen LogP contribution in [0.2, 0.25) is 0 Å². The summed E-state index contributed by atoms with van der Waals surface area (Å²) in [6, 6.07) is 11.4. The highest BCUT2D eigenvalue weighted by atomic mass is 16.4. The number of hydrogen-bond donors (Lipinski definition) is 3. The van der Waals surface area contributed by atoms with Crippen molar-refractivity contribution in [1.82, 2.24) is 19.4 Å². The van der Waals surface area contributed by atoms with Crippen LogP contribution in [0.3, 0.4) is 0 Å². The predicted octanol–water partition coefficient (Wildman–Crippen LogP) is 3.16. The summed E-state index contributed by atoms with van der Waals surface area (Å²) < 4.78 is 2.21.